The molecule has 0 fully saturated rings. The molecule has 1 aliphatic rings. The summed E-state index contributed by atoms with van der Waals surface area (Å²) < 4.78 is 0. The largest absolute Gasteiger partial charge is 0.507 e. The standard InChI is InChI=1S/C20H17N3O4/c1-12-17(11-15-5-3-4-6-18(15)25)20(27)23(22-12)19(26)14-7-9-16(10-8-14)21-13(2)24/h3-11,25H,1-2H3,(H,21,24)/b17-11-. The van der Waals surface area contributed by atoms with E-state index in [9.17, 15) is 19.5 Å². The van der Waals surface area contributed by atoms with Crippen LogP contribution in [0.15, 0.2) is 59.2 Å². The molecule has 0 saturated carbocycles. The van der Waals surface area contributed by atoms with Gasteiger partial charge in [-0.1, -0.05) is 18.2 Å². The van der Waals surface area contributed by atoms with E-state index in [-0.39, 0.29) is 22.8 Å². The van der Waals surface area contributed by atoms with Gasteiger partial charge in [0.05, 0.1) is 11.3 Å². The molecule has 1 aliphatic heterocycles. The molecular formula is C20H17N3O4. The van der Waals surface area contributed by atoms with Gasteiger partial charge in [0.2, 0.25) is 5.91 Å². The summed E-state index contributed by atoms with van der Waals surface area (Å²) in [7, 11) is 0. The van der Waals surface area contributed by atoms with Gasteiger partial charge in [0.1, 0.15) is 5.75 Å². The Morgan fingerprint density at radius 2 is 1.78 bits per heavy atom. The number of amides is 3. The number of rotatable bonds is 3. The zero-order valence-electron chi connectivity index (χ0n) is 14.8. The van der Waals surface area contributed by atoms with Crippen molar-refractivity contribution in [2.45, 2.75) is 13.8 Å². The number of hydrogen-bond donors (Lipinski definition) is 2. The van der Waals surface area contributed by atoms with Gasteiger partial charge in [-0.15, -0.1) is 0 Å². The summed E-state index contributed by atoms with van der Waals surface area (Å²) in [4.78, 5) is 36.3. The Morgan fingerprint density at radius 3 is 2.41 bits per heavy atom. The van der Waals surface area contributed by atoms with Gasteiger partial charge in [-0.05, 0) is 43.3 Å². The third-order valence-corrected chi connectivity index (χ3v) is 3.94. The molecule has 0 aromatic heterocycles. The summed E-state index contributed by atoms with van der Waals surface area (Å²) in [6, 6.07) is 12.8. The summed E-state index contributed by atoms with van der Waals surface area (Å²) in [5.41, 5.74) is 1.89. The quantitative estimate of drug-likeness (QED) is 0.647. The number of hydrogen-bond acceptors (Lipinski definition) is 5. The van der Waals surface area contributed by atoms with E-state index in [0.717, 1.165) is 5.01 Å². The molecule has 2 aromatic rings. The second-order valence-corrected chi connectivity index (χ2v) is 5.98. The van der Waals surface area contributed by atoms with E-state index in [2.05, 4.69) is 10.4 Å². The van der Waals surface area contributed by atoms with Crippen molar-refractivity contribution in [2.75, 3.05) is 5.32 Å². The van der Waals surface area contributed by atoms with Gasteiger partial charge < -0.3 is 10.4 Å². The lowest BCUT2D eigenvalue weighted by atomic mass is 10.1. The van der Waals surface area contributed by atoms with E-state index in [0.29, 0.717) is 17.0 Å². The number of para-hydroxylation sites is 1. The van der Waals surface area contributed by atoms with E-state index in [1.807, 2.05) is 0 Å². The molecule has 3 amide bonds. The molecule has 1 heterocycles. The van der Waals surface area contributed by atoms with Crippen LogP contribution in [0.2, 0.25) is 0 Å². The van der Waals surface area contributed by atoms with Crippen molar-refractivity contribution in [3.63, 3.8) is 0 Å². The van der Waals surface area contributed by atoms with Crippen LogP contribution >= 0.6 is 0 Å². The number of anilines is 1. The van der Waals surface area contributed by atoms with Crippen molar-refractivity contribution in [3.05, 3.63) is 65.2 Å². The monoisotopic (exact) mass is 363 g/mol. The van der Waals surface area contributed by atoms with Crippen LogP contribution in [0, 0.1) is 0 Å². The van der Waals surface area contributed by atoms with Crippen molar-refractivity contribution >= 4 is 35.2 Å². The van der Waals surface area contributed by atoms with E-state index < -0.39 is 11.8 Å². The first-order valence-corrected chi connectivity index (χ1v) is 8.18. The number of hydrazone groups is 1. The zero-order valence-corrected chi connectivity index (χ0v) is 14.8. The maximum atomic E-state index is 12.6. The highest BCUT2D eigenvalue weighted by Gasteiger charge is 2.33. The summed E-state index contributed by atoms with van der Waals surface area (Å²) in [5, 5.41) is 17.3. The van der Waals surface area contributed by atoms with Crippen LogP contribution in [0.4, 0.5) is 5.69 Å². The van der Waals surface area contributed by atoms with Crippen molar-refractivity contribution in [2.24, 2.45) is 5.10 Å². The molecule has 0 aliphatic carbocycles. The van der Waals surface area contributed by atoms with Crippen LogP contribution in [0.3, 0.4) is 0 Å². The third kappa shape index (κ3) is 3.77. The van der Waals surface area contributed by atoms with Gasteiger partial charge in [0.25, 0.3) is 11.8 Å². The average molecular weight is 363 g/mol. The van der Waals surface area contributed by atoms with Crippen LogP contribution in [-0.4, -0.2) is 33.5 Å². The minimum Gasteiger partial charge on any atom is -0.507 e. The first kappa shape index (κ1) is 18.1. The molecule has 2 N–H and O–H groups in total. The smallest absolute Gasteiger partial charge is 0.283 e. The summed E-state index contributed by atoms with van der Waals surface area (Å²) in [6.45, 7) is 3.01. The number of carbonyl (C=O) groups excluding carboxylic acids is 3. The first-order chi connectivity index (χ1) is 12.9. The fourth-order valence-corrected chi connectivity index (χ4v) is 2.61. The Kier molecular flexibility index (Phi) is 4.85. The Labute approximate surface area is 155 Å². The van der Waals surface area contributed by atoms with Crippen LogP contribution in [0.25, 0.3) is 6.08 Å². The molecule has 0 spiro atoms. The fourth-order valence-electron chi connectivity index (χ4n) is 2.61. The maximum absolute atomic E-state index is 12.6. The maximum Gasteiger partial charge on any atom is 0.283 e. The third-order valence-electron chi connectivity index (χ3n) is 3.94. The lowest BCUT2D eigenvalue weighted by Gasteiger charge is -2.10. The number of nitrogens with one attached hydrogen (secondary N) is 1. The van der Waals surface area contributed by atoms with Crippen molar-refractivity contribution in [1.82, 2.24) is 5.01 Å². The molecule has 136 valence electrons. The number of carbonyl (C=O) groups is 3. The molecule has 0 bridgehead atoms. The van der Waals surface area contributed by atoms with E-state index in [1.54, 1.807) is 37.3 Å². The number of phenols is 1. The van der Waals surface area contributed by atoms with Crippen molar-refractivity contribution in [3.8, 4) is 5.75 Å². The van der Waals surface area contributed by atoms with Crippen LogP contribution < -0.4 is 5.32 Å². The zero-order chi connectivity index (χ0) is 19.6. The molecule has 27 heavy (non-hydrogen) atoms. The average Bonchev–Trinajstić information content (AvgIpc) is 2.91. The fraction of sp³-hybridized carbons (Fsp3) is 0.100. The minimum absolute atomic E-state index is 0.0314. The highest BCUT2D eigenvalue weighted by Crippen LogP contribution is 2.24. The highest BCUT2D eigenvalue weighted by atomic mass is 16.3. The Balaban J connectivity index is 1.84. The minimum atomic E-state index is -0.575. The molecule has 7 heteroatoms. The SMILES string of the molecule is CC(=O)Nc1ccc(C(=O)N2N=C(C)/C(=C/c3ccccc3O)C2=O)cc1. The van der Waals surface area contributed by atoms with E-state index in [1.165, 1.54) is 31.2 Å². The van der Waals surface area contributed by atoms with E-state index in [4.69, 9.17) is 0 Å². The number of benzene rings is 2. The molecule has 7 nitrogen and oxygen atoms in total. The van der Waals surface area contributed by atoms with Gasteiger partial charge >= 0.3 is 0 Å². The lowest BCUT2D eigenvalue weighted by Crippen LogP contribution is -2.29. The van der Waals surface area contributed by atoms with Crippen LogP contribution in [-0.2, 0) is 9.59 Å². The van der Waals surface area contributed by atoms with E-state index >= 15 is 0 Å². The number of phenolic OH excluding ortho intramolecular Hbond substituents is 1. The molecular weight excluding hydrogens is 346 g/mol. The normalized spacial score (nSPS) is 15.0. The molecule has 0 atom stereocenters. The van der Waals surface area contributed by atoms with Crippen LogP contribution in [0.5, 0.6) is 5.75 Å². The second kappa shape index (κ2) is 7.25. The van der Waals surface area contributed by atoms with Gasteiger partial charge in [-0.3, -0.25) is 14.4 Å². The lowest BCUT2D eigenvalue weighted by molar-refractivity contribution is -0.123. The van der Waals surface area contributed by atoms with Gasteiger partial charge in [-0.25, -0.2) is 0 Å². The first-order valence-electron chi connectivity index (χ1n) is 8.18. The predicted octanol–water partition coefficient (Wildman–Crippen LogP) is 2.79. The van der Waals surface area contributed by atoms with Crippen molar-refractivity contribution < 1.29 is 19.5 Å². The summed E-state index contributed by atoms with van der Waals surface area (Å²) in [6.07, 6.45) is 1.50. The van der Waals surface area contributed by atoms with Crippen molar-refractivity contribution in [1.29, 1.82) is 0 Å². The summed E-state index contributed by atoms with van der Waals surface area (Å²) in [5.74, 6) is -1.33. The Bertz CT molecular complexity index is 991. The van der Waals surface area contributed by atoms with Gasteiger partial charge in [0.15, 0.2) is 0 Å². The number of nitrogens with zero attached hydrogens (tertiary/aromatic N) is 2. The highest BCUT2D eigenvalue weighted by molar-refractivity contribution is 6.30. The van der Waals surface area contributed by atoms with Crippen LogP contribution in [0.1, 0.15) is 29.8 Å². The topological polar surface area (TPSA) is 99.1 Å². The molecule has 0 unspecified atom stereocenters. The molecule has 2 aromatic carbocycles. The molecule has 0 radical (unpaired) electrons. The molecule has 3 rings (SSSR count). The Morgan fingerprint density at radius 1 is 1.11 bits per heavy atom. The number of aromatic hydroxyl groups is 1. The predicted molar refractivity (Wildman–Crippen MR) is 101 cm³/mol. The Hall–Kier alpha value is -3.74. The van der Waals surface area contributed by atoms with Gasteiger partial charge in [0, 0.05) is 23.7 Å². The second-order valence-electron chi connectivity index (χ2n) is 5.98. The van der Waals surface area contributed by atoms with Gasteiger partial charge in [-0.2, -0.15) is 10.1 Å². The molecule has 0 saturated heterocycles. The summed E-state index contributed by atoms with van der Waals surface area (Å²) >= 11 is 0. The number of imide groups is 1.